The minimum atomic E-state index is -0.897. The van der Waals surface area contributed by atoms with Gasteiger partial charge in [-0.25, -0.2) is 0 Å². The summed E-state index contributed by atoms with van der Waals surface area (Å²) in [5.41, 5.74) is -1.43. The first-order valence-electron chi connectivity index (χ1n) is 5.84. The Labute approximate surface area is 95.7 Å². The Morgan fingerprint density at radius 2 is 2.12 bits per heavy atom. The Hall–Kier alpha value is -0.640. The zero-order chi connectivity index (χ0) is 12.4. The van der Waals surface area contributed by atoms with Gasteiger partial charge in [-0.15, -0.1) is 0 Å². The van der Waals surface area contributed by atoms with Gasteiger partial charge >= 0.3 is 5.97 Å². The van der Waals surface area contributed by atoms with Crippen molar-refractivity contribution in [3.05, 3.63) is 0 Å². The predicted octanol–water partition coefficient (Wildman–Crippen LogP) is 2.38. The summed E-state index contributed by atoms with van der Waals surface area (Å²) in [7, 11) is 0. The molecule has 0 spiro atoms. The summed E-state index contributed by atoms with van der Waals surface area (Å²) >= 11 is 0. The lowest BCUT2D eigenvalue weighted by molar-refractivity contribution is -0.151. The zero-order valence-corrected chi connectivity index (χ0v) is 10.0. The number of hydrogen-bond acceptors (Lipinski definition) is 2. The van der Waals surface area contributed by atoms with Gasteiger partial charge in [-0.1, -0.05) is 13.3 Å². The van der Waals surface area contributed by atoms with Crippen LogP contribution >= 0.6 is 0 Å². The molecule has 0 bridgehead atoms. The van der Waals surface area contributed by atoms with Crippen molar-refractivity contribution in [1.82, 2.24) is 0 Å². The summed E-state index contributed by atoms with van der Waals surface area (Å²) in [4.78, 5) is 11.1. The number of carboxylic acids is 1. The zero-order valence-electron chi connectivity index (χ0n) is 10.0. The molecule has 0 heterocycles. The molecule has 1 aliphatic rings. The third-order valence-electron chi connectivity index (χ3n) is 4.00. The second kappa shape index (κ2) is 4.70. The summed E-state index contributed by atoms with van der Waals surface area (Å²) in [6.45, 7) is 2.82. The lowest BCUT2D eigenvalue weighted by Gasteiger charge is -2.46. The Balaban J connectivity index is 2.91. The summed E-state index contributed by atoms with van der Waals surface area (Å²) in [5, 5.41) is 19.1. The first-order valence-corrected chi connectivity index (χ1v) is 5.84. The monoisotopic (exact) mass is 232 g/mol. The molecule has 16 heavy (non-hydrogen) atoms. The molecule has 0 radical (unpaired) electrons. The Morgan fingerprint density at radius 1 is 1.50 bits per heavy atom. The highest BCUT2D eigenvalue weighted by atomic mass is 19.1. The maximum absolute atomic E-state index is 12.6. The summed E-state index contributed by atoms with van der Waals surface area (Å²) in [6.07, 6.45) is 2.76. The first-order chi connectivity index (χ1) is 7.33. The quantitative estimate of drug-likeness (QED) is 0.782. The largest absolute Gasteiger partial charge is 0.481 e. The van der Waals surface area contributed by atoms with E-state index in [1.165, 1.54) is 0 Å². The molecule has 4 heteroatoms. The topological polar surface area (TPSA) is 57.5 Å². The Morgan fingerprint density at radius 3 is 2.56 bits per heavy atom. The molecule has 1 rings (SSSR count). The fraction of sp³-hybridized carbons (Fsp3) is 0.917. The summed E-state index contributed by atoms with van der Waals surface area (Å²) in [6, 6.07) is 0. The number of carboxylic acid groups (broad SMARTS) is 1. The predicted molar refractivity (Wildman–Crippen MR) is 58.9 cm³/mol. The minimum absolute atomic E-state index is 0.233. The standard InChI is InChI=1S/C12H21FO3/c1-9(10(14)15)12(6-7-13)5-3-4-11(2,16)8-12/h9,16H,3-8H2,1-2H3,(H,14,15). The van der Waals surface area contributed by atoms with E-state index in [0.717, 1.165) is 6.42 Å². The molecule has 0 aliphatic heterocycles. The maximum atomic E-state index is 12.6. The van der Waals surface area contributed by atoms with Gasteiger partial charge in [0, 0.05) is 0 Å². The van der Waals surface area contributed by atoms with E-state index in [4.69, 9.17) is 5.11 Å². The van der Waals surface area contributed by atoms with Crippen molar-refractivity contribution in [2.45, 2.75) is 51.6 Å². The average molecular weight is 232 g/mol. The van der Waals surface area contributed by atoms with Gasteiger partial charge in [-0.3, -0.25) is 9.18 Å². The van der Waals surface area contributed by atoms with Crippen LogP contribution in [0.4, 0.5) is 4.39 Å². The average Bonchev–Trinajstić information content (AvgIpc) is 2.15. The van der Waals surface area contributed by atoms with Crippen molar-refractivity contribution in [3.63, 3.8) is 0 Å². The Bertz CT molecular complexity index is 261. The second-order valence-electron chi connectivity index (χ2n) is 5.39. The van der Waals surface area contributed by atoms with Gasteiger partial charge in [-0.05, 0) is 38.0 Å². The summed E-state index contributed by atoms with van der Waals surface area (Å²) < 4.78 is 12.6. The van der Waals surface area contributed by atoms with Crippen molar-refractivity contribution in [2.24, 2.45) is 11.3 Å². The smallest absolute Gasteiger partial charge is 0.306 e. The number of aliphatic carboxylic acids is 1. The van der Waals surface area contributed by atoms with Gasteiger partial charge in [0.25, 0.3) is 0 Å². The van der Waals surface area contributed by atoms with Crippen LogP contribution in [0.25, 0.3) is 0 Å². The number of aliphatic hydroxyl groups is 1. The molecule has 3 unspecified atom stereocenters. The molecule has 0 saturated heterocycles. The SMILES string of the molecule is CC(C(=O)O)C1(CCF)CCCC(C)(O)C1. The number of hydrogen-bond donors (Lipinski definition) is 2. The number of rotatable bonds is 4. The van der Waals surface area contributed by atoms with Crippen molar-refractivity contribution in [3.8, 4) is 0 Å². The van der Waals surface area contributed by atoms with Crippen LogP contribution in [0.15, 0.2) is 0 Å². The van der Waals surface area contributed by atoms with Crippen LogP contribution in [0.3, 0.4) is 0 Å². The molecule has 0 aromatic carbocycles. The van der Waals surface area contributed by atoms with Crippen LogP contribution in [0.5, 0.6) is 0 Å². The molecule has 3 nitrogen and oxygen atoms in total. The van der Waals surface area contributed by atoms with Crippen LogP contribution < -0.4 is 0 Å². The van der Waals surface area contributed by atoms with Crippen molar-refractivity contribution >= 4 is 5.97 Å². The first kappa shape index (κ1) is 13.4. The van der Waals surface area contributed by atoms with Gasteiger partial charge in [-0.2, -0.15) is 0 Å². The third-order valence-corrected chi connectivity index (χ3v) is 4.00. The van der Waals surface area contributed by atoms with Crippen LogP contribution in [-0.4, -0.2) is 28.5 Å². The van der Waals surface area contributed by atoms with Gasteiger partial charge in [0.2, 0.25) is 0 Å². The van der Waals surface area contributed by atoms with E-state index in [1.54, 1.807) is 13.8 Å². The van der Waals surface area contributed by atoms with Gasteiger partial charge in [0.05, 0.1) is 18.2 Å². The van der Waals surface area contributed by atoms with E-state index in [2.05, 4.69) is 0 Å². The molecule has 3 atom stereocenters. The molecule has 1 saturated carbocycles. The van der Waals surface area contributed by atoms with Gasteiger partial charge in [0.1, 0.15) is 0 Å². The Kier molecular flexibility index (Phi) is 3.94. The van der Waals surface area contributed by atoms with Crippen molar-refractivity contribution in [2.75, 3.05) is 6.67 Å². The maximum Gasteiger partial charge on any atom is 0.306 e. The van der Waals surface area contributed by atoms with Crippen LogP contribution in [0, 0.1) is 11.3 Å². The molecule has 1 aliphatic carbocycles. The van der Waals surface area contributed by atoms with Crippen LogP contribution in [0.2, 0.25) is 0 Å². The normalized spacial score (nSPS) is 37.0. The lowest BCUT2D eigenvalue weighted by atomic mass is 9.61. The van der Waals surface area contributed by atoms with Crippen molar-refractivity contribution in [1.29, 1.82) is 0 Å². The number of carbonyl (C=O) groups is 1. The highest BCUT2D eigenvalue weighted by molar-refractivity contribution is 5.70. The van der Waals surface area contributed by atoms with E-state index >= 15 is 0 Å². The molecular weight excluding hydrogens is 211 g/mol. The molecule has 0 amide bonds. The highest BCUT2D eigenvalue weighted by Crippen LogP contribution is 2.49. The van der Waals surface area contributed by atoms with Crippen molar-refractivity contribution < 1.29 is 19.4 Å². The van der Waals surface area contributed by atoms with Gasteiger partial charge in [0.15, 0.2) is 0 Å². The number of halogens is 1. The molecule has 0 aromatic rings. The van der Waals surface area contributed by atoms with E-state index in [-0.39, 0.29) is 6.42 Å². The van der Waals surface area contributed by atoms with E-state index in [0.29, 0.717) is 19.3 Å². The fourth-order valence-corrected chi connectivity index (χ4v) is 3.01. The fourth-order valence-electron chi connectivity index (χ4n) is 3.01. The van der Waals surface area contributed by atoms with Gasteiger partial charge < -0.3 is 10.2 Å². The van der Waals surface area contributed by atoms with Crippen LogP contribution in [0.1, 0.15) is 46.0 Å². The molecule has 94 valence electrons. The van der Waals surface area contributed by atoms with E-state index in [9.17, 15) is 14.3 Å². The lowest BCUT2D eigenvalue weighted by Crippen LogP contribution is -2.45. The van der Waals surface area contributed by atoms with E-state index in [1.807, 2.05) is 0 Å². The summed E-state index contributed by atoms with van der Waals surface area (Å²) in [5.74, 6) is -1.50. The van der Waals surface area contributed by atoms with E-state index < -0.39 is 29.6 Å². The third kappa shape index (κ3) is 2.73. The highest BCUT2D eigenvalue weighted by Gasteiger charge is 2.46. The molecule has 0 aromatic heterocycles. The minimum Gasteiger partial charge on any atom is -0.481 e. The number of alkyl halides is 1. The van der Waals surface area contributed by atoms with Crippen LogP contribution in [-0.2, 0) is 4.79 Å². The molecule has 1 fully saturated rings. The second-order valence-corrected chi connectivity index (χ2v) is 5.39. The molecule has 2 N–H and O–H groups in total. The molecular formula is C12H21FO3.